The molecule has 1 heteroatoms. The first-order valence-corrected chi connectivity index (χ1v) is 11.6. The van der Waals surface area contributed by atoms with Gasteiger partial charge in [0, 0.05) is 17.3 Å². The van der Waals surface area contributed by atoms with E-state index in [9.17, 15) is 0 Å². The van der Waals surface area contributed by atoms with Gasteiger partial charge in [-0.15, -0.1) is 0 Å². The molecule has 0 bridgehead atoms. The number of rotatable bonds is 3. The van der Waals surface area contributed by atoms with Crippen LogP contribution in [-0.4, -0.2) is 4.98 Å². The first-order chi connectivity index (χ1) is 16.8. The van der Waals surface area contributed by atoms with Gasteiger partial charge in [-0.25, -0.2) is 0 Å². The topological polar surface area (TPSA) is 12.9 Å². The van der Waals surface area contributed by atoms with E-state index in [1.807, 2.05) is 12.3 Å². The van der Waals surface area contributed by atoms with Crippen LogP contribution < -0.4 is 0 Å². The molecule has 0 N–H and O–H groups in total. The zero-order chi connectivity index (χ0) is 22.5. The molecule has 0 unspecified atom stereocenters. The van der Waals surface area contributed by atoms with Gasteiger partial charge < -0.3 is 0 Å². The minimum Gasteiger partial charge on any atom is -0.256 e. The quantitative estimate of drug-likeness (QED) is 0.254. The van der Waals surface area contributed by atoms with Gasteiger partial charge in [-0.05, 0) is 55.1 Å². The molecule has 7 rings (SSSR count). The number of aromatic nitrogens is 1. The average molecular weight is 432 g/mol. The first kappa shape index (κ1) is 19.0. The van der Waals surface area contributed by atoms with Crippen LogP contribution in [0.3, 0.4) is 0 Å². The van der Waals surface area contributed by atoms with Crippen molar-refractivity contribution in [1.82, 2.24) is 4.98 Å². The Morgan fingerprint density at radius 3 is 1.76 bits per heavy atom. The summed E-state index contributed by atoms with van der Waals surface area (Å²) in [6.45, 7) is 0. The second-order valence-electron chi connectivity index (χ2n) is 8.84. The van der Waals surface area contributed by atoms with E-state index in [0.29, 0.717) is 0 Å². The zero-order valence-electron chi connectivity index (χ0n) is 18.6. The summed E-state index contributed by atoms with van der Waals surface area (Å²) in [5.74, 6) is 0. The molecule has 1 nitrogen and oxygen atoms in total. The predicted molar refractivity (Wildman–Crippen MR) is 144 cm³/mol. The van der Waals surface area contributed by atoms with Crippen LogP contribution in [0.25, 0.3) is 65.8 Å². The Bertz CT molecular complexity index is 1750. The summed E-state index contributed by atoms with van der Waals surface area (Å²) >= 11 is 0. The summed E-state index contributed by atoms with van der Waals surface area (Å²) in [4.78, 5) is 4.73. The number of hydrogen-bond acceptors (Lipinski definition) is 1. The maximum Gasteiger partial charge on any atom is 0.0702 e. The molecule has 1 aromatic heterocycles. The molecule has 0 fully saturated rings. The van der Waals surface area contributed by atoms with E-state index in [1.165, 1.54) is 49.0 Å². The minimum atomic E-state index is 0.988. The van der Waals surface area contributed by atoms with E-state index in [0.717, 1.165) is 16.8 Å². The molecule has 1 heterocycles. The summed E-state index contributed by atoms with van der Waals surface area (Å²) in [6, 6.07) is 43.5. The molecular formula is C33H21N. The van der Waals surface area contributed by atoms with Crippen LogP contribution in [-0.2, 0) is 0 Å². The number of nitrogens with zero attached hydrogens (tertiary/aromatic N) is 1. The lowest BCUT2D eigenvalue weighted by molar-refractivity contribution is 1.33. The summed E-state index contributed by atoms with van der Waals surface area (Å²) in [5, 5.41) is 7.91. The lowest BCUT2D eigenvalue weighted by Crippen LogP contribution is -1.88. The molecule has 0 atom stereocenters. The minimum absolute atomic E-state index is 0.988. The van der Waals surface area contributed by atoms with Gasteiger partial charge in [-0.3, -0.25) is 4.98 Å². The van der Waals surface area contributed by atoms with E-state index >= 15 is 0 Å². The second kappa shape index (κ2) is 7.54. The Balaban J connectivity index is 1.29. The lowest BCUT2D eigenvalue weighted by atomic mass is 9.89. The molecule has 0 aliphatic rings. The van der Waals surface area contributed by atoms with Gasteiger partial charge in [-0.2, -0.15) is 0 Å². The lowest BCUT2D eigenvalue weighted by Gasteiger charge is -2.14. The van der Waals surface area contributed by atoms with Gasteiger partial charge >= 0.3 is 0 Å². The SMILES string of the molecule is c1ccc(-c2ccc(-c3ccc(-c4ccc5ccc6cccc7ccc4c5c67)cc3)nc2)cc1. The van der Waals surface area contributed by atoms with Crippen molar-refractivity contribution in [3.05, 3.63) is 128 Å². The number of hydrogen-bond donors (Lipinski definition) is 0. The fourth-order valence-corrected chi connectivity index (χ4v) is 5.17. The first-order valence-electron chi connectivity index (χ1n) is 11.6. The summed E-state index contributed by atoms with van der Waals surface area (Å²) in [7, 11) is 0. The highest BCUT2D eigenvalue weighted by Gasteiger charge is 2.12. The largest absolute Gasteiger partial charge is 0.256 e. The molecule has 0 saturated carbocycles. The smallest absolute Gasteiger partial charge is 0.0702 e. The maximum atomic E-state index is 4.73. The van der Waals surface area contributed by atoms with Crippen LogP contribution in [0.15, 0.2) is 128 Å². The molecule has 0 spiro atoms. The van der Waals surface area contributed by atoms with Crippen molar-refractivity contribution < 1.29 is 0 Å². The molecule has 158 valence electrons. The van der Waals surface area contributed by atoms with Crippen molar-refractivity contribution in [3.63, 3.8) is 0 Å². The van der Waals surface area contributed by atoms with Gasteiger partial charge in [0.1, 0.15) is 0 Å². The van der Waals surface area contributed by atoms with Crippen LogP contribution in [0, 0.1) is 0 Å². The predicted octanol–water partition coefficient (Wildman–Crippen LogP) is 8.98. The van der Waals surface area contributed by atoms with Crippen molar-refractivity contribution >= 4 is 32.3 Å². The van der Waals surface area contributed by atoms with Crippen molar-refractivity contribution in [2.45, 2.75) is 0 Å². The van der Waals surface area contributed by atoms with Crippen molar-refractivity contribution in [2.75, 3.05) is 0 Å². The standard InChI is InChI=1S/C33H21N/c1-2-5-22(6-3-1)28-17-20-31(34-21-28)24-11-9-23(10-12-24)29-18-15-27-14-13-25-7-4-8-26-16-19-30(29)33(27)32(25)26/h1-21H. The Labute approximate surface area is 198 Å². The van der Waals surface area contributed by atoms with Gasteiger partial charge in [0.05, 0.1) is 5.69 Å². The molecule has 6 aromatic carbocycles. The maximum absolute atomic E-state index is 4.73. The average Bonchev–Trinajstić information content (AvgIpc) is 2.92. The van der Waals surface area contributed by atoms with E-state index in [-0.39, 0.29) is 0 Å². The Morgan fingerprint density at radius 1 is 0.382 bits per heavy atom. The van der Waals surface area contributed by atoms with Gasteiger partial charge in [0.15, 0.2) is 0 Å². The highest BCUT2D eigenvalue weighted by atomic mass is 14.7. The third-order valence-corrected chi connectivity index (χ3v) is 6.89. The highest BCUT2D eigenvalue weighted by Crippen LogP contribution is 2.39. The Hall–Kier alpha value is -4.49. The van der Waals surface area contributed by atoms with Crippen LogP contribution in [0.2, 0.25) is 0 Å². The van der Waals surface area contributed by atoms with Crippen LogP contribution in [0.1, 0.15) is 0 Å². The molecule has 0 amide bonds. The number of pyridine rings is 1. The Morgan fingerprint density at radius 2 is 1.03 bits per heavy atom. The molecule has 0 aliphatic heterocycles. The fraction of sp³-hybridized carbons (Fsp3) is 0. The van der Waals surface area contributed by atoms with Crippen molar-refractivity contribution in [1.29, 1.82) is 0 Å². The normalized spacial score (nSPS) is 11.5. The van der Waals surface area contributed by atoms with E-state index in [1.54, 1.807) is 0 Å². The highest BCUT2D eigenvalue weighted by molar-refractivity contribution is 6.25. The van der Waals surface area contributed by atoms with E-state index in [2.05, 4.69) is 115 Å². The van der Waals surface area contributed by atoms with Gasteiger partial charge in [0.25, 0.3) is 0 Å². The van der Waals surface area contributed by atoms with Crippen molar-refractivity contribution in [3.8, 4) is 33.5 Å². The zero-order valence-corrected chi connectivity index (χ0v) is 18.6. The summed E-state index contributed by atoms with van der Waals surface area (Å²) in [6.07, 6.45) is 1.96. The van der Waals surface area contributed by atoms with Crippen LogP contribution >= 0.6 is 0 Å². The van der Waals surface area contributed by atoms with Crippen LogP contribution in [0.5, 0.6) is 0 Å². The molecule has 0 saturated heterocycles. The van der Waals surface area contributed by atoms with Gasteiger partial charge in [0.2, 0.25) is 0 Å². The van der Waals surface area contributed by atoms with Gasteiger partial charge in [-0.1, -0.05) is 115 Å². The fourth-order valence-electron chi connectivity index (χ4n) is 5.17. The second-order valence-corrected chi connectivity index (χ2v) is 8.84. The summed E-state index contributed by atoms with van der Waals surface area (Å²) in [5.41, 5.74) is 6.93. The molecule has 7 aromatic rings. The van der Waals surface area contributed by atoms with E-state index in [4.69, 9.17) is 4.98 Å². The summed E-state index contributed by atoms with van der Waals surface area (Å²) < 4.78 is 0. The third kappa shape index (κ3) is 2.98. The molecular weight excluding hydrogens is 410 g/mol. The number of benzene rings is 6. The van der Waals surface area contributed by atoms with Crippen LogP contribution in [0.4, 0.5) is 0 Å². The molecule has 0 radical (unpaired) electrons. The van der Waals surface area contributed by atoms with E-state index < -0.39 is 0 Å². The van der Waals surface area contributed by atoms with Crippen molar-refractivity contribution in [2.24, 2.45) is 0 Å². The molecule has 0 aliphatic carbocycles. The molecule has 34 heavy (non-hydrogen) atoms. The Kier molecular flexibility index (Phi) is 4.22. The monoisotopic (exact) mass is 431 g/mol. The third-order valence-electron chi connectivity index (χ3n) is 6.89.